The highest BCUT2D eigenvalue weighted by Crippen LogP contribution is 2.26. The van der Waals surface area contributed by atoms with Crippen LogP contribution in [0.3, 0.4) is 0 Å². The predicted molar refractivity (Wildman–Crippen MR) is 53.9 cm³/mol. The number of imidazole rings is 1. The maximum absolute atomic E-state index is 5.69. The Bertz CT molecular complexity index is 425. The lowest BCUT2D eigenvalue weighted by Gasteiger charge is -1.95. The summed E-state index contributed by atoms with van der Waals surface area (Å²) in [6, 6.07) is 1.77. The summed E-state index contributed by atoms with van der Waals surface area (Å²) in [5, 5.41) is 1.36. The summed E-state index contributed by atoms with van der Waals surface area (Å²) in [5.41, 5.74) is 5.69. The molecule has 0 radical (unpaired) electrons. The molecule has 0 fully saturated rings. The van der Waals surface area contributed by atoms with Crippen molar-refractivity contribution in [3.8, 4) is 0 Å². The number of aryl methyl sites for hydroxylation is 1. The average Bonchev–Trinajstić information content (AvgIpc) is 2.47. The molecule has 0 atom stereocenters. The van der Waals surface area contributed by atoms with Gasteiger partial charge in [0.25, 0.3) is 0 Å². The van der Waals surface area contributed by atoms with Crippen LogP contribution in [0.15, 0.2) is 28.6 Å². The Morgan fingerprint density at radius 2 is 2.07 bits per heavy atom. The summed E-state index contributed by atoms with van der Waals surface area (Å²) < 4.78 is 0. The van der Waals surface area contributed by atoms with Crippen molar-refractivity contribution in [1.29, 1.82) is 0 Å². The number of rotatable bonds is 2. The van der Waals surface area contributed by atoms with Crippen molar-refractivity contribution in [3.63, 3.8) is 0 Å². The molecular weight excluding hydrogens is 198 g/mol. The van der Waals surface area contributed by atoms with Gasteiger partial charge in [-0.05, 0) is 24.8 Å². The van der Waals surface area contributed by atoms with Crippen LogP contribution in [-0.2, 0) is 0 Å². The number of aromatic nitrogens is 4. The van der Waals surface area contributed by atoms with Gasteiger partial charge in [-0.2, -0.15) is 0 Å². The van der Waals surface area contributed by atoms with Crippen LogP contribution < -0.4 is 5.73 Å². The third kappa shape index (κ3) is 1.85. The second-order valence-corrected chi connectivity index (χ2v) is 3.63. The third-order valence-electron chi connectivity index (χ3n) is 1.55. The number of aromatic amines is 1. The predicted octanol–water partition coefficient (Wildman–Crippen LogP) is 1.24. The zero-order chi connectivity index (χ0) is 9.97. The molecule has 0 aliphatic heterocycles. The van der Waals surface area contributed by atoms with Crippen LogP contribution in [0.2, 0.25) is 0 Å². The molecule has 5 nitrogen and oxygen atoms in total. The number of nitrogens with zero attached hydrogens (tertiary/aromatic N) is 3. The van der Waals surface area contributed by atoms with Gasteiger partial charge in [0.2, 0.25) is 0 Å². The highest BCUT2D eigenvalue weighted by atomic mass is 32.2. The maximum atomic E-state index is 5.69. The highest BCUT2D eigenvalue weighted by Gasteiger charge is 2.07. The van der Waals surface area contributed by atoms with Crippen LogP contribution >= 0.6 is 11.8 Å². The molecule has 3 N–H and O–H groups in total. The van der Waals surface area contributed by atoms with E-state index >= 15 is 0 Å². The maximum Gasteiger partial charge on any atom is 0.193 e. The molecule has 2 heterocycles. The van der Waals surface area contributed by atoms with Crippen LogP contribution in [0.25, 0.3) is 0 Å². The zero-order valence-electron chi connectivity index (χ0n) is 7.56. The molecule has 0 aliphatic rings. The van der Waals surface area contributed by atoms with E-state index in [1.54, 1.807) is 18.5 Å². The first-order chi connectivity index (χ1) is 6.75. The number of hydrogen-bond donors (Lipinski definition) is 2. The van der Waals surface area contributed by atoms with Gasteiger partial charge in [-0.25, -0.2) is 15.0 Å². The highest BCUT2D eigenvalue weighted by molar-refractivity contribution is 7.99. The summed E-state index contributed by atoms with van der Waals surface area (Å²) in [5.74, 6) is 1.35. The van der Waals surface area contributed by atoms with Gasteiger partial charge in [0.1, 0.15) is 16.7 Å². The second-order valence-electron chi connectivity index (χ2n) is 2.67. The Morgan fingerprint density at radius 3 is 2.64 bits per heavy atom. The molecule has 0 bridgehead atoms. The Labute approximate surface area is 85.2 Å². The normalized spacial score (nSPS) is 10.4. The third-order valence-corrected chi connectivity index (χ3v) is 2.44. The van der Waals surface area contributed by atoms with E-state index in [1.807, 2.05) is 6.92 Å². The van der Waals surface area contributed by atoms with Crippen molar-refractivity contribution >= 4 is 17.6 Å². The lowest BCUT2D eigenvalue weighted by molar-refractivity contribution is 0.962. The largest absolute Gasteiger partial charge is 0.383 e. The Kier molecular flexibility index (Phi) is 2.36. The van der Waals surface area contributed by atoms with E-state index in [1.165, 1.54) is 11.8 Å². The van der Waals surface area contributed by atoms with Gasteiger partial charge >= 0.3 is 0 Å². The van der Waals surface area contributed by atoms with E-state index in [0.717, 1.165) is 5.82 Å². The molecule has 0 aromatic carbocycles. The summed E-state index contributed by atoms with van der Waals surface area (Å²) >= 11 is 1.35. The van der Waals surface area contributed by atoms with Gasteiger partial charge in [0, 0.05) is 12.4 Å². The van der Waals surface area contributed by atoms with Crippen molar-refractivity contribution in [3.05, 3.63) is 24.3 Å². The first-order valence-corrected chi connectivity index (χ1v) is 4.84. The molecule has 72 valence electrons. The molecule has 0 saturated heterocycles. The van der Waals surface area contributed by atoms with E-state index in [4.69, 9.17) is 5.73 Å². The standard InChI is InChI=1S/C8H9N5S/c1-5-12-6(9)7(13-5)14-8-10-3-2-4-11-8/h2-4H,9H2,1H3,(H,12,13). The molecule has 0 unspecified atom stereocenters. The molecular formula is C8H9N5S. The molecule has 0 amide bonds. The number of nitrogens with one attached hydrogen (secondary N) is 1. The van der Waals surface area contributed by atoms with Crippen LogP contribution in [0.5, 0.6) is 0 Å². The van der Waals surface area contributed by atoms with E-state index in [9.17, 15) is 0 Å². The van der Waals surface area contributed by atoms with E-state index in [-0.39, 0.29) is 0 Å². The number of H-pyrrole nitrogens is 1. The summed E-state index contributed by atoms with van der Waals surface area (Å²) in [6.07, 6.45) is 3.37. The minimum atomic E-state index is 0.556. The quantitative estimate of drug-likeness (QED) is 0.724. The molecule has 2 aromatic heterocycles. The fourth-order valence-corrected chi connectivity index (χ4v) is 1.73. The van der Waals surface area contributed by atoms with Crippen molar-refractivity contribution in [2.24, 2.45) is 0 Å². The number of nitrogens with two attached hydrogens (primary N) is 1. The van der Waals surface area contributed by atoms with Gasteiger partial charge in [-0.15, -0.1) is 0 Å². The minimum absolute atomic E-state index is 0.556. The monoisotopic (exact) mass is 207 g/mol. The van der Waals surface area contributed by atoms with Crippen LogP contribution in [0, 0.1) is 6.92 Å². The van der Waals surface area contributed by atoms with Crippen molar-refractivity contribution in [2.75, 3.05) is 5.73 Å². The summed E-state index contributed by atoms with van der Waals surface area (Å²) in [4.78, 5) is 15.3. The van der Waals surface area contributed by atoms with Crippen LogP contribution in [0.1, 0.15) is 5.82 Å². The van der Waals surface area contributed by atoms with Gasteiger partial charge in [-0.3, -0.25) is 0 Å². The van der Waals surface area contributed by atoms with E-state index in [0.29, 0.717) is 16.0 Å². The number of anilines is 1. The molecule has 0 spiro atoms. The SMILES string of the molecule is Cc1nc(Sc2ncccn2)c(N)[nH]1. The van der Waals surface area contributed by atoms with Crippen LogP contribution in [0.4, 0.5) is 5.82 Å². The molecule has 14 heavy (non-hydrogen) atoms. The second kappa shape index (κ2) is 3.67. The molecule has 6 heteroatoms. The topological polar surface area (TPSA) is 80.5 Å². The number of nitrogen functional groups attached to an aromatic ring is 1. The fourth-order valence-electron chi connectivity index (χ4n) is 0.991. The van der Waals surface area contributed by atoms with Gasteiger partial charge < -0.3 is 10.7 Å². The van der Waals surface area contributed by atoms with Gasteiger partial charge in [0.15, 0.2) is 5.16 Å². The molecule has 2 rings (SSSR count). The van der Waals surface area contributed by atoms with E-state index < -0.39 is 0 Å². The molecule has 0 aliphatic carbocycles. The first kappa shape index (κ1) is 9.01. The van der Waals surface area contributed by atoms with E-state index in [2.05, 4.69) is 19.9 Å². The Hall–Kier alpha value is -1.56. The van der Waals surface area contributed by atoms with Crippen molar-refractivity contribution < 1.29 is 0 Å². The Morgan fingerprint density at radius 1 is 1.36 bits per heavy atom. The lowest BCUT2D eigenvalue weighted by atomic mass is 10.7. The Balaban J connectivity index is 2.23. The van der Waals surface area contributed by atoms with Crippen molar-refractivity contribution in [1.82, 2.24) is 19.9 Å². The van der Waals surface area contributed by atoms with Gasteiger partial charge in [0.05, 0.1) is 0 Å². The average molecular weight is 207 g/mol. The summed E-state index contributed by atoms with van der Waals surface area (Å²) in [6.45, 7) is 1.85. The smallest absolute Gasteiger partial charge is 0.193 e. The summed E-state index contributed by atoms with van der Waals surface area (Å²) in [7, 11) is 0. The minimum Gasteiger partial charge on any atom is -0.383 e. The fraction of sp³-hybridized carbons (Fsp3) is 0.125. The molecule has 0 saturated carbocycles. The van der Waals surface area contributed by atoms with Gasteiger partial charge in [-0.1, -0.05) is 0 Å². The van der Waals surface area contributed by atoms with Crippen LogP contribution in [-0.4, -0.2) is 19.9 Å². The lowest BCUT2D eigenvalue weighted by Crippen LogP contribution is -1.88. The zero-order valence-corrected chi connectivity index (χ0v) is 8.38. The number of hydrogen-bond acceptors (Lipinski definition) is 5. The molecule has 2 aromatic rings. The van der Waals surface area contributed by atoms with Crippen molar-refractivity contribution in [2.45, 2.75) is 17.1 Å². The first-order valence-electron chi connectivity index (χ1n) is 4.02.